The minimum absolute atomic E-state index is 0.0950. The molecule has 0 aliphatic carbocycles. The van der Waals surface area contributed by atoms with Crippen molar-refractivity contribution < 1.29 is 28.5 Å². The minimum atomic E-state index is -0.682. The van der Waals surface area contributed by atoms with Gasteiger partial charge >= 0.3 is 11.9 Å². The molecule has 2 aromatic rings. The zero-order valence-electron chi connectivity index (χ0n) is 15.0. The average Bonchev–Trinajstić information content (AvgIpc) is 3.01. The molecule has 1 aromatic carbocycles. The third-order valence-electron chi connectivity index (χ3n) is 3.58. The van der Waals surface area contributed by atoms with Gasteiger partial charge in [-0.25, -0.2) is 9.59 Å². The number of hydrogen-bond donors (Lipinski definition) is 1. The van der Waals surface area contributed by atoms with Crippen LogP contribution in [0.1, 0.15) is 38.1 Å². The Bertz CT molecular complexity index is 900. The van der Waals surface area contributed by atoms with Crippen LogP contribution in [0.15, 0.2) is 18.2 Å². The Balaban J connectivity index is 2.27. The van der Waals surface area contributed by atoms with E-state index in [-0.39, 0.29) is 45.5 Å². The topological polar surface area (TPSA) is 121 Å². The van der Waals surface area contributed by atoms with Gasteiger partial charge in [0.1, 0.15) is 39.6 Å². The maximum Gasteiger partial charge on any atom is 0.348 e. The molecule has 0 aliphatic rings. The van der Waals surface area contributed by atoms with E-state index in [1.807, 2.05) is 6.07 Å². The molecule has 2 rings (SSSR count). The van der Waals surface area contributed by atoms with Crippen LogP contribution in [0.25, 0.3) is 0 Å². The van der Waals surface area contributed by atoms with Crippen molar-refractivity contribution in [3.05, 3.63) is 39.8 Å². The highest BCUT2D eigenvalue weighted by molar-refractivity contribution is 7.18. The van der Waals surface area contributed by atoms with Crippen molar-refractivity contribution in [2.75, 3.05) is 26.6 Å². The third-order valence-corrected chi connectivity index (χ3v) is 4.62. The van der Waals surface area contributed by atoms with E-state index in [2.05, 4.69) is 0 Å². The highest BCUT2D eigenvalue weighted by atomic mass is 32.1. The monoisotopic (exact) mass is 390 g/mol. The number of nitrogens with zero attached hydrogens (tertiary/aromatic N) is 1. The fourth-order valence-electron chi connectivity index (χ4n) is 2.29. The number of carbonyl (C=O) groups excluding carboxylic acids is 2. The number of ether oxygens (including phenoxy) is 4. The lowest BCUT2D eigenvalue weighted by atomic mass is 10.1. The summed E-state index contributed by atoms with van der Waals surface area (Å²) in [6.45, 7) is 1.52. The lowest BCUT2D eigenvalue weighted by molar-refractivity contribution is 0.0449. The number of hydrogen-bond acceptors (Lipinski definition) is 9. The summed E-state index contributed by atoms with van der Waals surface area (Å²) in [5.41, 5.74) is 6.29. The van der Waals surface area contributed by atoms with Crippen molar-refractivity contribution in [1.29, 1.82) is 5.26 Å². The summed E-state index contributed by atoms with van der Waals surface area (Å²) in [4.78, 5) is 24.7. The van der Waals surface area contributed by atoms with Crippen LogP contribution in [0.2, 0.25) is 0 Å². The summed E-state index contributed by atoms with van der Waals surface area (Å²) in [6.07, 6.45) is 0. The largest absolute Gasteiger partial charge is 0.497 e. The molecule has 0 bridgehead atoms. The van der Waals surface area contributed by atoms with Crippen LogP contribution in [0.3, 0.4) is 0 Å². The number of methoxy groups -OCH3 is 2. The van der Waals surface area contributed by atoms with Gasteiger partial charge in [-0.15, -0.1) is 11.3 Å². The van der Waals surface area contributed by atoms with E-state index < -0.39 is 11.9 Å². The maximum absolute atomic E-state index is 12.4. The van der Waals surface area contributed by atoms with Crippen molar-refractivity contribution in [3.8, 4) is 17.6 Å². The second-order valence-electron chi connectivity index (χ2n) is 5.12. The zero-order valence-corrected chi connectivity index (χ0v) is 15.8. The highest BCUT2D eigenvalue weighted by Crippen LogP contribution is 2.32. The van der Waals surface area contributed by atoms with E-state index in [0.717, 1.165) is 11.3 Å². The first kappa shape index (κ1) is 20.1. The summed E-state index contributed by atoms with van der Waals surface area (Å²) in [7, 11) is 2.91. The normalized spacial score (nSPS) is 10.0. The van der Waals surface area contributed by atoms with Gasteiger partial charge in [-0.3, -0.25) is 0 Å². The summed E-state index contributed by atoms with van der Waals surface area (Å²) >= 11 is 0.922. The molecule has 0 saturated carbocycles. The average molecular weight is 390 g/mol. The summed E-state index contributed by atoms with van der Waals surface area (Å²) in [5.74, 6) is -0.512. The Kier molecular flexibility index (Phi) is 6.62. The molecular formula is C18H18N2O6S. The minimum Gasteiger partial charge on any atom is -0.497 e. The summed E-state index contributed by atoms with van der Waals surface area (Å²) < 4.78 is 20.5. The van der Waals surface area contributed by atoms with Gasteiger partial charge in [0.2, 0.25) is 0 Å². The lowest BCUT2D eigenvalue weighted by Gasteiger charge is -2.11. The van der Waals surface area contributed by atoms with Gasteiger partial charge in [-0.1, -0.05) is 0 Å². The van der Waals surface area contributed by atoms with Gasteiger partial charge in [0.15, 0.2) is 0 Å². The molecule has 0 atom stereocenters. The van der Waals surface area contributed by atoms with Crippen LogP contribution in [0.4, 0.5) is 5.00 Å². The quantitative estimate of drug-likeness (QED) is 0.716. The molecule has 1 aromatic heterocycles. The molecule has 27 heavy (non-hydrogen) atoms. The van der Waals surface area contributed by atoms with Crippen molar-refractivity contribution in [2.45, 2.75) is 13.5 Å². The molecule has 0 aliphatic heterocycles. The first-order valence-electron chi connectivity index (χ1n) is 7.84. The molecule has 142 valence electrons. The lowest BCUT2D eigenvalue weighted by Crippen LogP contribution is -2.11. The molecule has 0 radical (unpaired) electrons. The number of benzene rings is 1. The third kappa shape index (κ3) is 4.30. The van der Waals surface area contributed by atoms with E-state index >= 15 is 0 Å². The number of nitriles is 1. The predicted molar refractivity (Wildman–Crippen MR) is 98.1 cm³/mol. The first-order valence-corrected chi connectivity index (χ1v) is 8.65. The number of nitrogen functional groups attached to an aromatic ring is 1. The molecule has 0 amide bonds. The molecular weight excluding hydrogens is 372 g/mol. The Labute approximate surface area is 160 Å². The van der Waals surface area contributed by atoms with Crippen molar-refractivity contribution >= 4 is 28.3 Å². The van der Waals surface area contributed by atoms with Crippen LogP contribution >= 0.6 is 11.3 Å². The Morgan fingerprint density at radius 1 is 1.19 bits per heavy atom. The van der Waals surface area contributed by atoms with E-state index in [4.69, 9.17) is 24.7 Å². The van der Waals surface area contributed by atoms with E-state index in [0.29, 0.717) is 5.75 Å². The molecule has 0 unspecified atom stereocenters. The van der Waals surface area contributed by atoms with Gasteiger partial charge in [-0.2, -0.15) is 5.26 Å². The number of anilines is 1. The van der Waals surface area contributed by atoms with Crippen LogP contribution in [-0.4, -0.2) is 32.8 Å². The zero-order chi connectivity index (χ0) is 20.0. The van der Waals surface area contributed by atoms with Gasteiger partial charge in [0.25, 0.3) is 0 Å². The maximum atomic E-state index is 12.4. The Morgan fingerprint density at radius 3 is 2.52 bits per heavy atom. The molecule has 1 heterocycles. The standard InChI is InChI=1S/C18H18N2O6S/c1-4-25-18(22)15-13(12(8-19)16(20)27-15)9-26-17(21)11-6-5-10(23-2)7-14(11)24-3/h5-7H,4,9,20H2,1-3H3. The summed E-state index contributed by atoms with van der Waals surface area (Å²) in [5, 5.41) is 9.46. The van der Waals surface area contributed by atoms with Crippen LogP contribution < -0.4 is 15.2 Å². The summed E-state index contributed by atoms with van der Waals surface area (Å²) in [6, 6.07) is 6.56. The molecule has 8 nitrogen and oxygen atoms in total. The predicted octanol–water partition coefficient (Wildman–Crippen LogP) is 2.75. The molecule has 9 heteroatoms. The fraction of sp³-hybridized carbons (Fsp3) is 0.278. The van der Waals surface area contributed by atoms with Gasteiger partial charge in [0, 0.05) is 11.6 Å². The van der Waals surface area contributed by atoms with Crippen LogP contribution in [0.5, 0.6) is 11.5 Å². The SMILES string of the molecule is CCOC(=O)c1sc(N)c(C#N)c1COC(=O)c1ccc(OC)cc1OC. The van der Waals surface area contributed by atoms with Crippen LogP contribution in [0, 0.1) is 11.3 Å². The van der Waals surface area contributed by atoms with Crippen LogP contribution in [-0.2, 0) is 16.1 Å². The smallest absolute Gasteiger partial charge is 0.348 e. The fourth-order valence-corrected chi connectivity index (χ4v) is 3.21. The second-order valence-corrected chi connectivity index (χ2v) is 6.18. The van der Waals surface area contributed by atoms with E-state index in [9.17, 15) is 14.9 Å². The Hall–Kier alpha value is -3.25. The molecule has 2 N–H and O–H groups in total. The van der Waals surface area contributed by atoms with E-state index in [1.54, 1.807) is 19.1 Å². The van der Waals surface area contributed by atoms with Gasteiger partial charge < -0.3 is 24.7 Å². The molecule has 0 spiro atoms. The number of thiophene rings is 1. The Morgan fingerprint density at radius 2 is 1.93 bits per heavy atom. The highest BCUT2D eigenvalue weighted by Gasteiger charge is 2.24. The van der Waals surface area contributed by atoms with Gasteiger partial charge in [0.05, 0.1) is 26.4 Å². The number of rotatable bonds is 7. The van der Waals surface area contributed by atoms with Crippen molar-refractivity contribution in [2.24, 2.45) is 0 Å². The number of esters is 2. The van der Waals surface area contributed by atoms with Crippen molar-refractivity contribution in [1.82, 2.24) is 0 Å². The van der Waals surface area contributed by atoms with Crippen molar-refractivity contribution in [3.63, 3.8) is 0 Å². The number of nitrogens with two attached hydrogens (primary N) is 1. The number of carbonyl (C=O) groups is 2. The first-order chi connectivity index (χ1) is 13.0. The molecule has 0 saturated heterocycles. The van der Waals surface area contributed by atoms with E-state index in [1.165, 1.54) is 20.3 Å². The molecule has 0 fully saturated rings. The second kappa shape index (κ2) is 8.91. The van der Waals surface area contributed by atoms with Gasteiger partial charge in [-0.05, 0) is 19.1 Å².